The zero-order valence-electron chi connectivity index (χ0n) is 23.1. The predicted octanol–water partition coefficient (Wildman–Crippen LogP) is 5.17. The van der Waals surface area contributed by atoms with Crippen molar-refractivity contribution in [1.82, 2.24) is 14.9 Å². The number of methoxy groups -OCH3 is 1. The Morgan fingerprint density at radius 3 is 2.71 bits per heavy atom. The fourth-order valence-electron chi connectivity index (χ4n) is 5.08. The molecule has 2 saturated heterocycles. The molecule has 1 aromatic heterocycles. The van der Waals surface area contributed by atoms with Crippen LogP contribution in [0.25, 0.3) is 0 Å². The van der Waals surface area contributed by atoms with E-state index in [0.29, 0.717) is 41.8 Å². The average molecular weight is 582 g/mol. The first-order valence-electron chi connectivity index (χ1n) is 13.5. The molecule has 41 heavy (non-hydrogen) atoms. The number of likely N-dealkylation sites (N-methyl/N-ethyl adjacent to an activating group) is 1. The summed E-state index contributed by atoms with van der Waals surface area (Å²) in [5.41, 5.74) is 2.93. The lowest BCUT2D eigenvalue weighted by atomic mass is 10.0. The number of benzene rings is 2. The van der Waals surface area contributed by atoms with Crippen molar-refractivity contribution >= 4 is 46.2 Å². The number of hydrogen-bond acceptors (Lipinski definition) is 9. The number of piperazine rings is 1. The Hall–Kier alpha value is -3.93. The smallest absolute Gasteiger partial charge is 0.247 e. The zero-order valence-corrected chi connectivity index (χ0v) is 23.8. The molecular weight excluding hydrogens is 549 g/mol. The highest BCUT2D eigenvalue weighted by Gasteiger charge is 2.30. The number of hydroxylamine groups is 1. The number of ether oxygens (including phenoxy) is 1. The number of rotatable bonds is 9. The minimum absolute atomic E-state index is 0.0570. The largest absolute Gasteiger partial charge is 0.494 e. The molecule has 1 amide bonds. The minimum Gasteiger partial charge on any atom is -0.494 e. The number of halogens is 2. The molecule has 2 aromatic carbocycles. The van der Waals surface area contributed by atoms with Gasteiger partial charge in [0.1, 0.15) is 23.7 Å². The summed E-state index contributed by atoms with van der Waals surface area (Å²) >= 11 is 6.04. The lowest BCUT2D eigenvalue weighted by Crippen LogP contribution is -2.46. The van der Waals surface area contributed by atoms with Gasteiger partial charge in [-0.25, -0.2) is 19.4 Å². The molecule has 0 saturated carbocycles. The molecule has 2 aliphatic rings. The number of anilines is 5. The molecule has 0 spiro atoms. The van der Waals surface area contributed by atoms with Crippen molar-refractivity contribution in [1.29, 1.82) is 0 Å². The fourth-order valence-corrected chi connectivity index (χ4v) is 5.27. The van der Waals surface area contributed by atoms with Crippen LogP contribution < -0.4 is 25.3 Å². The number of carbonyl (C=O) groups is 1. The maximum Gasteiger partial charge on any atom is 0.247 e. The summed E-state index contributed by atoms with van der Waals surface area (Å²) in [5, 5.41) is 7.99. The average Bonchev–Trinajstić information content (AvgIpc) is 3.49. The van der Waals surface area contributed by atoms with Crippen molar-refractivity contribution < 1.29 is 18.8 Å². The zero-order chi connectivity index (χ0) is 28.9. The van der Waals surface area contributed by atoms with Crippen LogP contribution in [0.5, 0.6) is 5.75 Å². The molecular formula is C29H33ClFN7O3. The molecule has 0 radical (unpaired) electrons. The third-order valence-corrected chi connectivity index (χ3v) is 7.59. The van der Waals surface area contributed by atoms with Crippen LogP contribution in [0.2, 0.25) is 5.02 Å². The summed E-state index contributed by atoms with van der Waals surface area (Å²) in [6.45, 7) is 10.7. The SMILES string of the molecule is C=CC(=O)Nc1cc(Nc2cc(N3OCCC3c3ccc(F)c(Cl)c3)ncn2)c(OC)cc1N1CCN(CC)CC1. The van der Waals surface area contributed by atoms with Crippen LogP contribution in [0.15, 0.2) is 55.4 Å². The molecule has 12 heteroatoms. The van der Waals surface area contributed by atoms with Gasteiger partial charge in [-0.3, -0.25) is 9.63 Å². The molecule has 10 nitrogen and oxygen atoms in total. The molecule has 3 aromatic rings. The second-order valence-corrected chi connectivity index (χ2v) is 10.1. The summed E-state index contributed by atoms with van der Waals surface area (Å²) < 4.78 is 19.5. The Morgan fingerprint density at radius 2 is 2.00 bits per heavy atom. The quantitative estimate of drug-likeness (QED) is 0.332. The van der Waals surface area contributed by atoms with Crippen molar-refractivity contribution in [2.45, 2.75) is 19.4 Å². The van der Waals surface area contributed by atoms with Gasteiger partial charge < -0.3 is 25.2 Å². The molecule has 2 N–H and O–H groups in total. The molecule has 2 aliphatic heterocycles. The lowest BCUT2D eigenvalue weighted by Gasteiger charge is -2.36. The number of aromatic nitrogens is 2. The van der Waals surface area contributed by atoms with Crippen LogP contribution in [0, 0.1) is 5.82 Å². The summed E-state index contributed by atoms with van der Waals surface area (Å²) in [5.74, 6) is 0.823. The van der Waals surface area contributed by atoms with E-state index >= 15 is 0 Å². The highest BCUT2D eigenvalue weighted by molar-refractivity contribution is 6.30. The molecule has 5 rings (SSSR count). The van der Waals surface area contributed by atoms with Crippen molar-refractivity contribution in [2.24, 2.45) is 0 Å². The molecule has 0 bridgehead atoms. The van der Waals surface area contributed by atoms with E-state index in [1.807, 2.05) is 12.1 Å². The van der Waals surface area contributed by atoms with Crippen LogP contribution in [-0.2, 0) is 9.63 Å². The Balaban J connectivity index is 1.43. The lowest BCUT2D eigenvalue weighted by molar-refractivity contribution is -0.111. The van der Waals surface area contributed by atoms with Crippen molar-refractivity contribution in [3.05, 3.63) is 71.8 Å². The van der Waals surface area contributed by atoms with Crippen LogP contribution in [0.4, 0.5) is 33.1 Å². The minimum atomic E-state index is -0.471. The van der Waals surface area contributed by atoms with E-state index in [2.05, 4.69) is 43.9 Å². The molecule has 1 atom stereocenters. The van der Waals surface area contributed by atoms with Gasteiger partial charge in [0.25, 0.3) is 0 Å². The number of amides is 1. The van der Waals surface area contributed by atoms with Crippen molar-refractivity contribution in [3.63, 3.8) is 0 Å². The van der Waals surface area contributed by atoms with E-state index < -0.39 is 5.82 Å². The maximum atomic E-state index is 13.8. The number of carbonyl (C=O) groups excluding carboxylic acids is 1. The van der Waals surface area contributed by atoms with E-state index in [9.17, 15) is 9.18 Å². The first-order valence-corrected chi connectivity index (χ1v) is 13.9. The summed E-state index contributed by atoms with van der Waals surface area (Å²) in [6.07, 6.45) is 3.36. The second-order valence-electron chi connectivity index (χ2n) is 9.71. The van der Waals surface area contributed by atoms with E-state index in [1.54, 1.807) is 30.4 Å². The number of hydrogen-bond donors (Lipinski definition) is 2. The van der Waals surface area contributed by atoms with Crippen LogP contribution >= 0.6 is 11.6 Å². The molecule has 3 heterocycles. The van der Waals surface area contributed by atoms with Gasteiger partial charge in [-0.1, -0.05) is 31.2 Å². The van der Waals surface area contributed by atoms with E-state index in [0.717, 1.165) is 44.0 Å². The van der Waals surface area contributed by atoms with Gasteiger partial charge in [0.05, 0.1) is 41.8 Å². The number of nitrogens with zero attached hydrogens (tertiary/aromatic N) is 5. The van der Waals surface area contributed by atoms with Crippen molar-refractivity contribution in [2.75, 3.05) is 67.0 Å². The Labute approximate surface area is 243 Å². The van der Waals surface area contributed by atoms with Gasteiger partial charge in [0, 0.05) is 44.7 Å². The van der Waals surface area contributed by atoms with Gasteiger partial charge >= 0.3 is 0 Å². The van der Waals surface area contributed by atoms with Crippen molar-refractivity contribution in [3.8, 4) is 5.75 Å². The molecule has 1 unspecified atom stereocenters. The molecule has 216 valence electrons. The van der Waals surface area contributed by atoms with E-state index in [-0.39, 0.29) is 17.0 Å². The first-order chi connectivity index (χ1) is 19.9. The Kier molecular flexibility index (Phi) is 8.87. The van der Waals surface area contributed by atoms with E-state index in [1.165, 1.54) is 18.5 Å². The Bertz CT molecular complexity index is 1420. The highest BCUT2D eigenvalue weighted by Crippen LogP contribution is 2.40. The van der Waals surface area contributed by atoms with Crippen LogP contribution in [-0.4, -0.2) is 67.2 Å². The highest BCUT2D eigenvalue weighted by atomic mass is 35.5. The maximum absolute atomic E-state index is 13.8. The molecule has 0 aliphatic carbocycles. The first kappa shape index (κ1) is 28.6. The van der Waals surface area contributed by atoms with Gasteiger partial charge in [-0.15, -0.1) is 0 Å². The topological polar surface area (TPSA) is 95.1 Å². The number of nitrogens with one attached hydrogen (secondary N) is 2. The van der Waals surface area contributed by atoms with Gasteiger partial charge in [-0.05, 0) is 36.4 Å². The van der Waals surface area contributed by atoms with E-state index in [4.69, 9.17) is 21.2 Å². The normalized spacial score (nSPS) is 17.4. The summed E-state index contributed by atoms with van der Waals surface area (Å²) in [7, 11) is 1.60. The van der Waals surface area contributed by atoms with Gasteiger partial charge in [0.2, 0.25) is 5.91 Å². The fraction of sp³-hybridized carbons (Fsp3) is 0.345. The monoisotopic (exact) mass is 581 g/mol. The predicted molar refractivity (Wildman–Crippen MR) is 159 cm³/mol. The van der Waals surface area contributed by atoms with Crippen LogP contribution in [0.3, 0.4) is 0 Å². The van der Waals surface area contributed by atoms with Crippen LogP contribution in [0.1, 0.15) is 24.9 Å². The third kappa shape index (κ3) is 6.37. The summed E-state index contributed by atoms with van der Waals surface area (Å²) in [4.78, 5) is 31.7. The third-order valence-electron chi connectivity index (χ3n) is 7.30. The second kappa shape index (κ2) is 12.7. The Morgan fingerprint density at radius 1 is 1.20 bits per heavy atom. The summed E-state index contributed by atoms with van der Waals surface area (Å²) in [6, 6.07) is 9.96. The van der Waals surface area contributed by atoms with Gasteiger partial charge in [-0.2, -0.15) is 0 Å². The van der Waals surface area contributed by atoms with Gasteiger partial charge in [0.15, 0.2) is 5.82 Å². The standard InChI is InChI=1S/C29H33ClFN7O3/c1-4-29(39)35-22-15-23(26(40-3)16-25(22)37-11-9-36(5-2)10-12-37)34-27-17-28(33-18-32-27)38-24(8-13-41-38)19-6-7-21(31)20(30)14-19/h4,6-7,14-18,24H,1,5,8-13H2,2-3H3,(H,35,39)(H,32,33,34). The molecule has 2 fully saturated rings.